The van der Waals surface area contributed by atoms with E-state index in [2.05, 4.69) is 29.6 Å². The van der Waals surface area contributed by atoms with Crippen LogP contribution >= 0.6 is 0 Å². The first-order valence-electron chi connectivity index (χ1n) is 6.73. The molecule has 3 nitrogen and oxygen atoms in total. The zero-order valence-corrected chi connectivity index (χ0v) is 11.1. The summed E-state index contributed by atoms with van der Waals surface area (Å²) < 4.78 is 0. The van der Waals surface area contributed by atoms with Crippen LogP contribution in [-0.2, 0) is 4.79 Å². The summed E-state index contributed by atoms with van der Waals surface area (Å²) in [5, 5.41) is 5.61. The lowest BCUT2D eigenvalue weighted by atomic mass is 10.1. The number of nitrogens with zero attached hydrogens (tertiary/aromatic N) is 1. The minimum absolute atomic E-state index is 0.113. The van der Waals surface area contributed by atoms with Crippen molar-refractivity contribution in [3.63, 3.8) is 0 Å². The fourth-order valence-electron chi connectivity index (χ4n) is 2.17. The minimum atomic E-state index is 0.113. The number of benzene rings is 2. The van der Waals surface area contributed by atoms with E-state index in [1.54, 1.807) is 4.90 Å². The average Bonchev–Trinajstić information content (AvgIpc) is 3.27. The average molecular weight is 254 g/mol. The Morgan fingerprint density at radius 1 is 1.21 bits per heavy atom. The highest BCUT2D eigenvalue weighted by Crippen LogP contribution is 2.22. The van der Waals surface area contributed by atoms with Crippen molar-refractivity contribution in [3.8, 4) is 0 Å². The van der Waals surface area contributed by atoms with Gasteiger partial charge in [0.15, 0.2) is 0 Å². The molecule has 0 unspecified atom stereocenters. The topological polar surface area (TPSA) is 32.3 Å². The van der Waals surface area contributed by atoms with Crippen molar-refractivity contribution < 1.29 is 4.79 Å². The van der Waals surface area contributed by atoms with Crippen molar-refractivity contribution in [2.75, 3.05) is 18.5 Å². The molecule has 0 heterocycles. The van der Waals surface area contributed by atoms with E-state index in [0.717, 1.165) is 11.1 Å². The third-order valence-electron chi connectivity index (χ3n) is 3.61. The van der Waals surface area contributed by atoms with Crippen LogP contribution in [0.25, 0.3) is 10.8 Å². The first-order valence-corrected chi connectivity index (χ1v) is 6.73. The van der Waals surface area contributed by atoms with E-state index in [0.29, 0.717) is 12.6 Å². The van der Waals surface area contributed by atoms with Gasteiger partial charge in [0.05, 0.1) is 6.54 Å². The highest BCUT2D eigenvalue weighted by Gasteiger charge is 2.22. The zero-order valence-electron chi connectivity index (χ0n) is 11.1. The highest BCUT2D eigenvalue weighted by atomic mass is 16.2. The van der Waals surface area contributed by atoms with Crippen molar-refractivity contribution in [1.82, 2.24) is 5.32 Å². The summed E-state index contributed by atoms with van der Waals surface area (Å²) >= 11 is 0. The molecule has 0 saturated heterocycles. The quantitative estimate of drug-likeness (QED) is 0.909. The standard InChI is InChI=1S/C16H18N2O/c1-18(16(19)11-17-14-7-8-14)15-9-6-12-4-2-3-5-13(12)10-15/h2-6,9-10,14,17H,7-8,11H2,1H3. The largest absolute Gasteiger partial charge is 0.314 e. The number of likely N-dealkylation sites (N-methyl/N-ethyl adjacent to an activating group) is 1. The van der Waals surface area contributed by atoms with Gasteiger partial charge in [-0.15, -0.1) is 0 Å². The monoisotopic (exact) mass is 254 g/mol. The van der Waals surface area contributed by atoms with Crippen LogP contribution in [0.4, 0.5) is 5.69 Å². The highest BCUT2D eigenvalue weighted by molar-refractivity contribution is 5.97. The van der Waals surface area contributed by atoms with Crippen molar-refractivity contribution >= 4 is 22.4 Å². The predicted molar refractivity (Wildman–Crippen MR) is 78.4 cm³/mol. The minimum Gasteiger partial charge on any atom is -0.314 e. The molecule has 0 radical (unpaired) electrons. The van der Waals surface area contributed by atoms with Crippen LogP contribution in [-0.4, -0.2) is 25.5 Å². The Morgan fingerprint density at radius 2 is 1.95 bits per heavy atom. The van der Waals surface area contributed by atoms with Crippen LogP contribution in [0.3, 0.4) is 0 Å². The summed E-state index contributed by atoms with van der Waals surface area (Å²) in [6, 6.07) is 14.9. The normalized spacial score (nSPS) is 14.6. The maximum absolute atomic E-state index is 12.1. The molecule has 0 spiro atoms. The Labute approximate surface area is 113 Å². The number of hydrogen-bond acceptors (Lipinski definition) is 2. The molecule has 19 heavy (non-hydrogen) atoms. The number of carbonyl (C=O) groups is 1. The molecule has 3 rings (SSSR count). The smallest absolute Gasteiger partial charge is 0.240 e. The molecule has 1 aliphatic carbocycles. The lowest BCUT2D eigenvalue weighted by Gasteiger charge is -2.18. The van der Waals surface area contributed by atoms with Crippen LogP contribution in [0.5, 0.6) is 0 Å². The molecular weight excluding hydrogens is 236 g/mol. The molecular formula is C16H18N2O. The third kappa shape index (κ3) is 2.76. The van der Waals surface area contributed by atoms with Gasteiger partial charge in [-0.3, -0.25) is 4.79 Å². The maximum atomic E-state index is 12.1. The van der Waals surface area contributed by atoms with Crippen molar-refractivity contribution in [3.05, 3.63) is 42.5 Å². The Hall–Kier alpha value is -1.87. The second-order valence-electron chi connectivity index (χ2n) is 5.14. The van der Waals surface area contributed by atoms with E-state index in [4.69, 9.17) is 0 Å². The SMILES string of the molecule is CN(C(=O)CNC1CC1)c1ccc2ccccc2c1. The van der Waals surface area contributed by atoms with Crippen LogP contribution in [0.1, 0.15) is 12.8 Å². The molecule has 0 aliphatic heterocycles. The summed E-state index contributed by atoms with van der Waals surface area (Å²) in [6.07, 6.45) is 2.40. The molecule has 98 valence electrons. The summed E-state index contributed by atoms with van der Waals surface area (Å²) in [4.78, 5) is 13.8. The predicted octanol–water partition coefficient (Wildman–Crippen LogP) is 2.55. The van der Waals surface area contributed by atoms with Gasteiger partial charge >= 0.3 is 0 Å². The maximum Gasteiger partial charge on any atom is 0.240 e. The first-order chi connectivity index (χ1) is 9.24. The molecule has 0 atom stereocenters. The number of anilines is 1. The van der Waals surface area contributed by atoms with Gasteiger partial charge in [0, 0.05) is 18.8 Å². The summed E-state index contributed by atoms with van der Waals surface area (Å²) in [5.74, 6) is 0.113. The summed E-state index contributed by atoms with van der Waals surface area (Å²) in [7, 11) is 1.83. The molecule has 1 amide bonds. The fraction of sp³-hybridized carbons (Fsp3) is 0.312. The molecule has 2 aromatic carbocycles. The number of fused-ring (bicyclic) bond motifs is 1. The summed E-state index contributed by atoms with van der Waals surface area (Å²) in [6.45, 7) is 0.425. The Morgan fingerprint density at radius 3 is 2.68 bits per heavy atom. The Balaban J connectivity index is 1.75. The van der Waals surface area contributed by atoms with Gasteiger partial charge in [-0.1, -0.05) is 30.3 Å². The number of carbonyl (C=O) groups excluding carboxylic acids is 1. The van der Waals surface area contributed by atoms with E-state index in [1.165, 1.54) is 18.2 Å². The lowest BCUT2D eigenvalue weighted by molar-refractivity contribution is -0.117. The van der Waals surface area contributed by atoms with Crippen LogP contribution in [0, 0.1) is 0 Å². The second kappa shape index (κ2) is 5.02. The lowest BCUT2D eigenvalue weighted by Crippen LogP contribution is -2.36. The molecule has 1 saturated carbocycles. The fourth-order valence-corrected chi connectivity index (χ4v) is 2.17. The Kier molecular flexibility index (Phi) is 3.22. The molecule has 1 aliphatic rings. The number of nitrogens with one attached hydrogen (secondary N) is 1. The van der Waals surface area contributed by atoms with E-state index in [9.17, 15) is 4.79 Å². The van der Waals surface area contributed by atoms with Gasteiger partial charge < -0.3 is 10.2 Å². The molecule has 3 heteroatoms. The second-order valence-corrected chi connectivity index (χ2v) is 5.14. The molecule has 0 aromatic heterocycles. The van der Waals surface area contributed by atoms with Crippen molar-refractivity contribution in [2.45, 2.75) is 18.9 Å². The number of hydrogen-bond donors (Lipinski definition) is 1. The van der Waals surface area contributed by atoms with Gasteiger partial charge in [0.1, 0.15) is 0 Å². The van der Waals surface area contributed by atoms with E-state index in [1.807, 2.05) is 25.2 Å². The van der Waals surface area contributed by atoms with E-state index in [-0.39, 0.29) is 5.91 Å². The molecule has 1 N–H and O–H groups in total. The van der Waals surface area contributed by atoms with Gasteiger partial charge in [0.25, 0.3) is 0 Å². The van der Waals surface area contributed by atoms with Crippen LogP contribution < -0.4 is 10.2 Å². The van der Waals surface area contributed by atoms with Gasteiger partial charge in [-0.2, -0.15) is 0 Å². The molecule has 2 aromatic rings. The Bertz CT molecular complexity index is 604. The summed E-state index contributed by atoms with van der Waals surface area (Å²) in [5.41, 5.74) is 0.946. The van der Waals surface area contributed by atoms with Gasteiger partial charge in [0.2, 0.25) is 5.91 Å². The number of rotatable bonds is 4. The van der Waals surface area contributed by atoms with Crippen LogP contribution in [0.2, 0.25) is 0 Å². The van der Waals surface area contributed by atoms with Crippen LogP contribution in [0.15, 0.2) is 42.5 Å². The zero-order chi connectivity index (χ0) is 13.2. The first kappa shape index (κ1) is 12.2. The molecule has 1 fully saturated rings. The van der Waals surface area contributed by atoms with Gasteiger partial charge in [-0.25, -0.2) is 0 Å². The van der Waals surface area contributed by atoms with E-state index >= 15 is 0 Å². The molecule has 0 bridgehead atoms. The third-order valence-corrected chi connectivity index (χ3v) is 3.61. The van der Waals surface area contributed by atoms with Crippen molar-refractivity contribution in [2.24, 2.45) is 0 Å². The van der Waals surface area contributed by atoms with Gasteiger partial charge in [-0.05, 0) is 35.7 Å². The van der Waals surface area contributed by atoms with E-state index < -0.39 is 0 Å². The van der Waals surface area contributed by atoms with Crippen molar-refractivity contribution in [1.29, 1.82) is 0 Å². The number of amides is 1.